The molecule has 4 N–H and O–H groups in total. The highest BCUT2D eigenvalue weighted by Crippen LogP contribution is 2.29. The van der Waals surface area contributed by atoms with Crippen LogP contribution in [0.3, 0.4) is 0 Å². The van der Waals surface area contributed by atoms with Crippen LogP contribution < -0.4 is 15.8 Å². The number of rotatable bonds is 8. The first-order valence-electron chi connectivity index (χ1n) is 10.9. The third-order valence-electron chi connectivity index (χ3n) is 5.01. The van der Waals surface area contributed by atoms with Crippen molar-refractivity contribution in [3.8, 4) is 5.88 Å². The van der Waals surface area contributed by atoms with Crippen LogP contribution in [0.5, 0.6) is 5.88 Å². The number of hydroxylamine groups is 2. The fourth-order valence-corrected chi connectivity index (χ4v) is 3.94. The molecule has 0 atom stereocenters. The van der Waals surface area contributed by atoms with Gasteiger partial charge in [0, 0.05) is 32.2 Å². The summed E-state index contributed by atoms with van der Waals surface area (Å²) in [6.07, 6.45) is 1.58. The molecule has 0 bridgehead atoms. The highest BCUT2D eigenvalue weighted by Gasteiger charge is 2.27. The highest BCUT2D eigenvalue weighted by molar-refractivity contribution is 7.90. The molecule has 0 radical (unpaired) electrons. The lowest BCUT2D eigenvalue weighted by molar-refractivity contribution is -0.151. The van der Waals surface area contributed by atoms with Crippen molar-refractivity contribution in [3.05, 3.63) is 35.9 Å². The maximum atomic E-state index is 14.6. The molecular weight excluding hydrogens is 499 g/mol. The van der Waals surface area contributed by atoms with Crippen molar-refractivity contribution in [1.29, 1.82) is 0 Å². The van der Waals surface area contributed by atoms with E-state index in [9.17, 15) is 22.8 Å². The molecule has 3 rings (SSSR count). The van der Waals surface area contributed by atoms with Crippen molar-refractivity contribution in [2.24, 2.45) is 10.9 Å². The van der Waals surface area contributed by atoms with Crippen LogP contribution in [0, 0.1) is 5.82 Å². The molecule has 1 aliphatic rings. The molecule has 1 fully saturated rings. The summed E-state index contributed by atoms with van der Waals surface area (Å²) < 4.78 is 48.8. The summed E-state index contributed by atoms with van der Waals surface area (Å²) in [7, 11) is -3.60. The van der Waals surface area contributed by atoms with Gasteiger partial charge in [-0.15, -0.1) is 5.06 Å². The number of aromatic nitrogens is 2. The Morgan fingerprint density at radius 3 is 2.58 bits per heavy atom. The van der Waals surface area contributed by atoms with Gasteiger partial charge in [0.15, 0.2) is 15.7 Å². The topological polar surface area (TPSA) is 179 Å². The van der Waals surface area contributed by atoms with Gasteiger partial charge in [-0.2, -0.15) is 0 Å². The lowest BCUT2D eigenvalue weighted by Crippen LogP contribution is -2.40. The summed E-state index contributed by atoms with van der Waals surface area (Å²) >= 11 is 0. The molecule has 1 aromatic carbocycles. The molecular formula is C21H27FN6O7S. The molecule has 15 heteroatoms. The number of hydrogen-bond donors (Lipinski definition) is 3. The van der Waals surface area contributed by atoms with E-state index >= 15 is 0 Å². The van der Waals surface area contributed by atoms with Crippen molar-refractivity contribution in [2.45, 2.75) is 43.8 Å². The Labute approximate surface area is 206 Å². The van der Waals surface area contributed by atoms with E-state index in [0.717, 1.165) is 18.6 Å². The number of hydrogen-bond acceptors (Lipinski definition) is 12. The first kappa shape index (κ1) is 26.9. The van der Waals surface area contributed by atoms with E-state index < -0.39 is 27.6 Å². The van der Waals surface area contributed by atoms with E-state index in [1.165, 1.54) is 17.2 Å². The molecule has 2 aromatic rings. The summed E-state index contributed by atoms with van der Waals surface area (Å²) in [5, 5.41) is 16.4. The van der Waals surface area contributed by atoms with Crippen molar-refractivity contribution in [1.82, 2.24) is 15.0 Å². The summed E-state index contributed by atoms with van der Waals surface area (Å²) in [5.41, 5.74) is 5.72. The molecule has 1 aliphatic heterocycles. The number of sulfone groups is 1. The first-order valence-corrected chi connectivity index (χ1v) is 12.8. The summed E-state index contributed by atoms with van der Waals surface area (Å²) in [6.45, 7) is 4.16. The molecule has 1 aromatic heterocycles. The fraction of sp³-hybridized carbons (Fsp3) is 0.429. The Balaban J connectivity index is 1.76. The van der Waals surface area contributed by atoms with Crippen LogP contribution in [-0.4, -0.2) is 72.2 Å². The van der Waals surface area contributed by atoms with Gasteiger partial charge in [0.25, 0.3) is 0 Å². The molecule has 0 aliphatic carbocycles. The number of oxime groups is 1. The second-order valence-electron chi connectivity index (χ2n) is 8.18. The average molecular weight is 527 g/mol. The molecule has 2 heterocycles. The fourth-order valence-electron chi connectivity index (χ4n) is 3.31. The second kappa shape index (κ2) is 11.3. The molecule has 0 amide bonds. The van der Waals surface area contributed by atoms with Crippen molar-refractivity contribution in [2.75, 3.05) is 24.7 Å². The first-order chi connectivity index (χ1) is 17.0. The van der Waals surface area contributed by atoms with E-state index in [1.54, 1.807) is 13.8 Å². The van der Waals surface area contributed by atoms with Gasteiger partial charge in [0.1, 0.15) is 29.6 Å². The van der Waals surface area contributed by atoms with Crippen LogP contribution in [0.25, 0.3) is 0 Å². The monoisotopic (exact) mass is 526 g/mol. The Hall–Kier alpha value is -3.72. The minimum absolute atomic E-state index is 0.0189. The third-order valence-corrected chi connectivity index (χ3v) is 6.12. The maximum absolute atomic E-state index is 14.6. The number of benzene rings is 1. The quantitative estimate of drug-likeness (QED) is 0.150. The van der Waals surface area contributed by atoms with E-state index in [4.69, 9.17) is 20.0 Å². The summed E-state index contributed by atoms with van der Waals surface area (Å²) in [5.74, 6) is -1.29. The molecule has 196 valence electrons. The molecule has 0 spiro atoms. The number of carbonyl (C=O) groups is 1. The van der Waals surface area contributed by atoms with E-state index in [-0.39, 0.29) is 40.1 Å². The largest absolute Gasteiger partial charge is 0.528 e. The van der Waals surface area contributed by atoms with Crippen molar-refractivity contribution >= 4 is 33.3 Å². The van der Waals surface area contributed by atoms with Crippen LogP contribution in [0.2, 0.25) is 0 Å². The Kier molecular flexibility index (Phi) is 8.47. The predicted octanol–water partition coefficient (Wildman–Crippen LogP) is 2.18. The van der Waals surface area contributed by atoms with Crippen LogP contribution in [-0.2, 0) is 19.4 Å². The summed E-state index contributed by atoms with van der Waals surface area (Å²) in [6, 6.07) is 3.33. The van der Waals surface area contributed by atoms with Crippen LogP contribution in [0.15, 0.2) is 34.6 Å². The van der Waals surface area contributed by atoms with Gasteiger partial charge >= 0.3 is 6.16 Å². The van der Waals surface area contributed by atoms with Crippen molar-refractivity contribution in [3.63, 3.8) is 0 Å². The number of piperidine rings is 1. The van der Waals surface area contributed by atoms with Gasteiger partial charge in [0.2, 0.25) is 5.88 Å². The van der Waals surface area contributed by atoms with E-state index in [2.05, 4.69) is 20.4 Å². The number of carbonyl (C=O) groups excluding carboxylic acids is 1. The molecule has 1 saturated heterocycles. The molecule has 13 nitrogen and oxygen atoms in total. The number of nitrogens with two attached hydrogens (primary N) is 1. The number of halogens is 1. The number of ether oxygens (including phenoxy) is 2. The minimum atomic E-state index is -3.60. The van der Waals surface area contributed by atoms with Gasteiger partial charge in [0.05, 0.1) is 16.7 Å². The van der Waals surface area contributed by atoms with Gasteiger partial charge in [-0.25, -0.2) is 27.6 Å². The van der Waals surface area contributed by atoms with Gasteiger partial charge in [-0.1, -0.05) is 5.16 Å². The van der Waals surface area contributed by atoms with Crippen LogP contribution in [0.4, 0.5) is 20.7 Å². The lowest BCUT2D eigenvalue weighted by atomic mass is 10.1. The zero-order valence-electron chi connectivity index (χ0n) is 19.8. The SMILES string of the molecule is CC(C)OC(=O)ON1CCC(Oc2ncnc(Nc3ccc(S(C)(=O)=O)cc3F)c2C(N)=NO)CC1. The van der Waals surface area contributed by atoms with Crippen molar-refractivity contribution < 1.29 is 37.1 Å². The minimum Gasteiger partial charge on any atom is -0.474 e. The van der Waals surface area contributed by atoms with Gasteiger partial charge in [-0.05, 0) is 32.0 Å². The van der Waals surface area contributed by atoms with Crippen LogP contribution in [0.1, 0.15) is 32.3 Å². The molecule has 0 saturated carbocycles. The zero-order chi connectivity index (χ0) is 26.5. The maximum Gasteiger partial charge on any atom is 0.528 e. The Morgan fingerprint density at radius 1 is 1.31 bits per heavy atom. The third kappa shape index (κ3) is 6.91. The standard InChI is InChI=1S/C21H27FN6O7S/c1-12(2)33-21(29)35-28-8-6-13(7-9-28)34-20-17(18(23)27-30)19(24-11-25-20)26-16-5-4-14(10-15(16)22)36(3,31)32/h4-5,10-13,30H,6-9H2,1-3H3,(H2,23,27)(H,24,25,26). The summed E-state index contributed by atoms with van der Waals surface area (Å²) in [4.78, 5) is 24.7. The second-order valence-corrected chi connectivity index (χ2v) is 10.2. The highest BCUT2D eigenvalue weighted by atomic mass is 32.2. The number of amidine groups is 1. The van der Waals surface area contributed by atoms with Gasteiger partial charge in [-0.3, -0.25) is 0 Å². The lowest BCUT2D eigenvalue weighted by Gasteiger charge is -2.30. The number of nitrogens with zero attached hydrogens (tertiary/aromatic N) is 4. The number of anilines is 2. The normalized spacial score (nSPS) is 15.5. The van der Waals surface area contributed by atoms with E-state index in [0.29, 0.717) is 25.9 Å². The number of nitrogens with one attached hydrogen (secondary N) is 1. The molecule has 36 heavy (non-hydrogen) atoms. The van der Waals surface area contributed by atoms with E-state index in [1.807, 2.05) is 0 Å². The smallest absolute Gasteiger partial charge is 0.474 e. The molecule has 0 unspecified atom stereocenters. The average Bonchev–Trinajstić information content (AvgIpc) is 2.80. The Bertz CT molecular complexity index is 1230. The Morgan fingerprint density at radius 2 is 2.00 bits per heavy atom. The van der Waals surface area contributed by atoms with Crippen LogP contribution >= 0.6 is 0 Å². The predicted molar refractivity (Wildman–Crippen MR) is 125 cm³/mol. The zero-order valence-corrected chi connectivity index (χ0v) is 20.7. The van der Waals surface area contributed by atoms with Gasteiger partial charge < -0.3 is 30.6 Å².